The Balaban J connectivity index is 1.38. The maximum Gasteiger partial charge on any atom is 0.272 e. The van der Waals surface area contributed by atoms with E-state index in [4.69, 9.17) is 0 Å². The average molecular weight is 636 g/mol. The molecule has 3 amide bonds. The lowest BCUT2D eigenvalue weighted by atomic mass is 10.1. The number of amides is 3. The van der Waals surface area contributed by atoms with Crippen molar-refractivity contribution in [3.63, 3.8) is 0 Å². The molecule has 224 valence electrons. The number of nitrogens with zero attached hydrogens (tertiary/aromatic N) is 2. The molecule has 1 heterocycles. The third-order valence-corrected chi connectivity index (χ3v) is 8.23. The van der Waals surface area contributed by atoms with E-state index in [9.17, 15) is 24.5 Å². The predicted octanol–water partition coefficient (Wildman–Crippen LogP) is 6.93. The Hall–Kier alpha value is -5.59. The quantitative estimate of drug-likeness (QED) is 0.0618. The van der Waals surface area contributed by atoms with E-state index < -0.39 is 22.0 Å². The number of aromatic nitrogens is 1. The van der Waals surface area contributed by atoms with Crippen molar-refractivity contribution in [3.8, 4) is 0 Å². The molecule has 5 rings (SSSR count). The predicted molar refractivity (Wildman–Crippen MR) is 176 cm³/mol. The van der Waals surface area contributed by atoms with Crippen LogP contribution in [0.5, 0.6) is 0 Å². The van der Waals surface area contributed by atoms with Crippen molar-refractivity contribution in [2.45, 2.75) is 10.1 Å². The molecule has 10 nitrogen and oxygen atoms in total. The fraction of sp³-hybridized carbons (Fsp3) is 0.0303. The average Bonchev–Trinajstić information content (AvgIpc) is 3.57. The molecule has 0 saturated heterocycles. The van der Waals surface area contributed by atoms with Crippen LogP contribution >= 0.6 is 23.1 Å². The Morgan fingerprint density at radius 2 is 1.58 bits per heavy atom. The van der Waals surface area contributed by atoms with Crippen LogP contribution in [0.25, 0.3) is 6.08 Å². The van der Waals surface area contributed by atoms with E-state index in [1.165, 1.54) is 53.4 Å². The lowest BCUT2D eigenvalue weighted by molar-refractivity contribution is -0.384. The monoisotopic (exact) mass is 635 g/mol. The van der Waals surface area contributed by atoms with Crippen LogP contribution in [0.4, 0.5) is 16.5 Å². The number of nitrogens with one attached hydrogen (secondary N) is 3. The molecule has 0 aliphatic heterocycles. The van der Waals surface area contributed by atoms with Gasteiger partial charge in [-0.05, 0) is 59.7 Å². The normalized spacial score (nSPS) is 11.7. The molecule has 0 spiro atoms. The summed E-state index contributed by atoms with van der Waals surface area (Å²) in [5.74, 6) is -1.35. The van der Waals surface area contributed by atoms with E-state index in [0.29, 0.717) is 26.8 Å². The van der Waals surface area contributed by atoms with Crippen LogP contribution in [0.2, 0.25) is 0 Å². The zero-order valence-corrected chi connectivity index (χ0v) is 25.1. The standard InChI is InChI=1S/C33H25N5O5S2/c39-30(24-10-5-2-6-11-24)36-28(20-22-14-16-26(17-15-22)38(42)43)31(40)35-25-12-7-13-27(21-25)45-29(23-8-3-1-4-9-23)32(41)37-33-34-18-19-44-33/h1-21,29H,(H,35,40)(H,36,39)(H,34,37,41)/b28-20+. The molecule has 0 aliphatic rings. The van der Waals surface area contributed by atoms with Crippen LogP contribution in [-0.2, 0) is 9.59 Å². The second kappa shape index (κ2) is 14.7. The Bertz CT molecular complexity index is 1830. The molecule has 3 N–H and O–H groups in total. The van der Waals surface area contributed by atoms with Gasteiger partial charge in [-0.25, -0.2) is 4.98 Å². The zero-order valence-electron chi connectivity index (χ0n) is 23.5. The Morgan fingerprint density at radius 1 is 0.867 bits per heavy atom. The molecule has 0 aliphatic carbocycles. The van der Waals surface area contributed by atoms with Gasteiger partial charge < -0.3 is 16.0 Å². The molecule has 1 aromatic heterocycles. The highest BCUT2D eigenvalue weighted by Crippen LogP contribution is 2.37. The fourth-order valence-electron chi connectivity index (χ4n) is 4.14. The number of non-ortho nitro benzene ring substituents is 1. The molecule has 12 heteroatoms. The number of nitro benzene ring substituents is 1. The second-order valence-corrected chi connectivity index (χ2v) is 11.5. The van der Waals surface area contributed by atoms with Crippen molar-refractivity contribution in [2.24, 2.45) is 0 Å². The summed E-state index contributed by atoms with van der Waals surface area (Å²) in [6, 6.07) is 30.4. The highest BCUT2D eigenvalue weighted by Gasteiger charge is 2.23. The Morgan fingerprint density at radius 3 is 2.24 bits per heavy atom. The Kier molecular flexibility index (Phi) is 10.1. The SMILES string of the molecule is O=C(Nc1cccc(SC(C(=O)Nc2nccs2)c2ccccc2)c1)/C(=C\c1ccc([N+](=O)[O-])cc1)NC(=O)c1ccccc1. The number of anilines is 2. The van der Waals surface area contributed by atoms with Crippen molar-refractivity contribution in [3.05, 3.63) is 153 Å². The van der Waals surface area contributed by atoms with Gasteiger partial charge >= 0.3 is 0 Å². The largest absolute Gasteiger partial charge is 0.321 e. The van der Waals surface area contributed by atoms with Crippen LogP contribution in [0.3, 0.4) is 0 Å². The van der Waals surface area contributed by atoms with E-state index in [1.54, 1.807) is 60.1 Å². The van der Waals surface area contributed by atoms with Crippen LogP contribution < -0.4 is 16.0 Å². The highest BCUT2D eigenvalue weighted by molar-refractivity contribution is 8.00. The first-order chi connectivity index (χ1) is 21.9. The van der Waals surface area contributed by atoms with Gasteiger partial charge in [-0.2, -0.15) is 0 Å². The summed E-state index contributed by atoms with van der Waals surface area (Å²) in [4.78, 5) is 55.2. The third-order valence-electron chi connectivity index (χ3n) is 6.29. The lowest BCUT2D eigenvalue weighted by Gasteiger charge is -2.17. The summed E-state index contributed by atoms with van der Waals surface area (Å²) in [6.07, 6.45) is 3.05. The molecule has 0 saturated carbocycles. The number of thioether (sulfide) groups is 1. The van der Waals surface area contributed by atoms with Gasteiger partial charge in [0, 0.05) is 39.9 Å². The molecule has 45 heavy (non-hydrogen) atoms. The van der Waals surface area contributed by atoms with Crippen LogP contribution in [0.1, 0.15) is 26.7 Å². The maximum absolute atomic E-state index is 13.5. The van der Waals surface area contributed by atoms with Crippen molar-refractivity contribution < 1.29 is 19.3 Å². The molecule has 0 bridgehead atoms. The van der Waals surface area contributed by atoms with E-state index in [2.05, 4.69) is 20.9 Å². The van der Waals surface area contributed by atoms with Gasteiger partial charge in [0.15, 0.2) is 5.13 Å². The minimum Gasteiger partial charge on any atom is -0.321 e. The lowest BCUT2D eigenvalue weighted by Crippen LogP contribution is -2.30. The summed E-state index contributed by atoms with van der Waals surface area (Å²) in [5.41, 5.74) is 1.88. The van der Waals surface area contributed by atoms with Crippen molar-refractivity contribution in [2.75, 3.05) is 10.6 Å². The molecule has 0 radical (unpaired) electrons. The smallest absolute Gasteiger partial charge is 0.272 e. The number of carbonyl (C=O) groups is 3. The second-order valence-electron chi connectivity index (χ2n) is 9.44. The maximum atomic E-state index is 13.5. The van der Waals surface area contributed by atoms with Crippen molar-refractivity contribution in [1.29, 1.82) is 0 Å². The van der Waals surface area contributed by atoms with Gasteiger partial charge in [0.2, 0.25) is 5.91 Å². The molecule has 4 aromatic carbocycles. The van der Waals surface area contributed by atoms with E-state index in [1.807, 2.05) is 36.4 Å². The topological polar surface area (TPSA) is 143 Å². The minimum atomic E-state index is -0.610. The summed E-state index contributed by atoms with van der Waals surface area (Å²) in [5, 5.41) is 21.1. The Labute approximate surface area is 266 Å². The first-order valence-corrected chi connectivity index (χ1v) is 15.3. The van der Waals surface area contributed by atoms with Gasteiger partial charge in [0.05, 0.1) is 4.92 Å². The number of benzene rings is 4. The van der Waals surface area contributed by atoms with Crippen molar-refractivity contribution in [1.82, 2.24) is 10.3 Å². The summed E-state index contributed by atoms with van der Waals surface area (Å²) >= 11 is 2.63. The molecule has 0 fully saturated rings. The summed E-state index contributed by atoms with van der Waals surface area (Å²) in [6.45, 7) is 0. The van der Waals surface area contributed by atoms with Gasteiger partial charge in [-0.15, -0.1) is 23.1 Å². The molecule has 1 atom stereocenters. The molecule has 1 unspecified atom stereocenters. The number of hydrogen-bond donors (Lipinski definition) is 3. The summed E-state index contributed by atoms with van der Waals surface area (Å²) < 4.78 is 0. The van der Waals surface area contributed by atoms with Gasteiger partial charge in [-0.3, -0.25) is 24.5 Å². The van der Waals surface area contributed by atoms with Gasteiger partial charge in [-0.1, -0.05) is 54.6 Å². The first kappa shape index (κ1) is 30.9. The zero-order chi connectivity index (χ0) is 31.6. The number of nitro groups is 1. The van der Waals surface area contributed by atoms with E-state index in [0.717, 1.165) is 5.56 Å². The van der Waals surface area contributed by atoms with Gasteiger partial charge in [0.25, 0.3) is 17.5 Å². The third kappa shape index (κ3) is 8.50. The first-order valence-electron chi connectivity index (χ1n) is 13.5. The van der Waals surface area contributed by atoms with Crippen molar-refractivity contribution >= 4 is 63.4 Å². The van der Waals surface area contributed by atoms with E-state index in [-0.39, 0.29) is 17.3 Å². The molecular weight excluding hydrogens is 611 g/mol. The fourth-order valence-corrected chi connectivity index (χ4v) is 5.76. The number of thiazole rings is 1. The van der Waals surface area contributed by atoms with E-state index >= 15 is 0 Å². The number of hydrogen-bond acceptors (Lipinski definition) is 8. The number of carbonyl (C=O) groups excluding carboxylic acids is 3. The molecule has 5 aromatic rings. The summed E-state index contributed by atoms with van der Waals surface area (Å²) in [7, 11) is 0. The highest BCUT2D eigenvalue weighted by atomic mass is 32.2. The molecular formula is C33H25N5O5S2. The van der Waals surface area contributed by atoms with Crippen LogP contribution in [0, 0.1) is 10.1 Å². The van der Waals surface area contributed by atoms with Crippen LogP contribution in [0.15, 0.2) is 131 Å². The van der Waals surface area contributed by atoms with Crippen LogP contribution in [-0.4, -0.2) is 27.6 Å². The number of rotatable bonds is 11. The van der Waals surface area contributed by atoms with Gasteiger partial charge in [0.1, 0.15) is 10.9 Å². The minimum absolute atomic E-state index is 0.0688.